The largest absolute Gasteiger partial charge is 0.434 e. The van der Waals surface area contributed by atoms with Gasteiger partial charge in [-0.25, -0.2) is 18.7 Å². The summed E-state index contributed by atoms with van der Waals surface area (Å²) in [6.45, 7) is 0.779. The quantitative estimate of drug-likeness (QED) is 0.541. The third kappa shape index (κ3) is 5.38. The van der Waals surface area contributed by atoms with Crippen LogP contribution in [0.15, 0.2) is 43.0 Å². The number of amides is 1. The average molecular weight is 495 g/mol. The molecule has 8 nitrogen and oxygen atoms in total. The van der Waals surface area contributed by atoms with E-state index in [4.69, 9.17) is 0 Å². The van der Waals surface area contributed by atoms with E-state index in [1.165, 1.54) is 17.1 Å². The SMILES string of the molecule is C[C@@H]1CC(F)(F)CN(C(=O)c2cn(C)nc2-c2ccccn2)[C@@H]1CNc1cnc(C(F)(F)F)cn1. The van der Waals surface area contributed by atoms with Crippen LogP contribution in [0, 0.1) is 5.92 Å². The molecule has 0 radical (unpaired) electrons. The maximum absolute atomic E-state index is 14.5. The van der Waals surface area contributed by atoms with Gasteiger partial charge in [-0.1, -0.05) is 13.0 Å². The number of anilines is 1. The minimum absolute atomic E-state index is 0.0117. The van der Waals surface area contributed by atoms with Crippen molar-refractivity contribution >= 4 is 11.7 Å². The van der Waals surface area contributed by atoms with Gasteiger partial charge in [0.25, 0.3) is 11.8 Å². The van der Waals surface area contributed by atoms with Gasteiger partial charge >= 0.3 is 6.18 Å². The van der Waals surface area contributed by atoms with Crippen molar-refractivity contribution in [1.29, 1.82) is 0 Å². The van der Waals surface area contributed by atoms with Gasteiger partial charge in [-0.3, -0.25) is 14.5 Å². The standard InChI is InChI=1S/C22H22F5N7O/c1-13-7-21(23,24)12-34(16(13)8-30-18-10-29-17(9-31-18)22(25,26)27)20(35)14-11-33(2)32-19(14)15-5-3-4-6-28-15/h3-6,9-11,13,16H,7-8,12H2,1-2H3,(H,30,31)/t13-,16-/m1/s1. The Morgan fingerprint density at radius 3 is 2.60 bits per heavy atom. The van der Waals surface area contributed by atoms with Gasteiger partial charge in [-0.2, -0.15) is 18.3 Å². The molecular weight excluding hydrogens is 473 g/mol. The number of hydrogen-bond donors (Lipinski definition) is 1. The van der Waals surface area contributed by atoms with Gasteiger partial charge < -0.3 is 10.2 Å². The second-order valence-corrected chi connectivity index (χ2v) is 8.48. The van der Waals surface area contributed by atoms with E-state index >= 15 is 0 Å². The Hall–Kier alpha value is -3.64. The highest BCUT2D eigenvalue weighted by Gasteiger charge is 2.46. The molecule has 0 saturated carbocycles. The highest BCUT2D eigenvalue weighted by molar-refractivity contribution is 5.99. The molecule has 1 fully saturated rings. The van der Waals surface area contributed by atoms with Crippen molar-refractivity contribution in [2.45, 2.75) is 31.5 Å². The van der Waals surface area contributed by atoms with Gasteiger partial charge in [0.15, 0.2) is 5.69 Å². The predicted molar refractivity (Wildman–Crippen MR) is 116 cm³/mol. The van der Waals surface area contributed by atoms with Crippen LogP contribution in [0.5, 0.6) is 0 Å². The summed E-state index contributed by atoms with van der Waals surface area (Å²) < 4.78 is 68.7. The lowest BCUT2D eigenvalue weighted by molar-refractivity contribution is -0.141. The Morgan fingerprint density at radius 1 is 1.20 bits per heavy atom. The summed E-state index contributed by atoms with van der Waals surface area (Å²) in [6.07, 6.45) is -0.589. The first-order valence-electron chi connectivity index (χ1n) is 10.7. The van der Waals surface area contributed by atoms with Crippen LogP contribution in [0.4, 0.5) is 27.8 Å². The van der Waals surface area contributed by atoms with Crippen LogP contribution in [-0.2, 0) is 13.2 Å². The molecule has 186 valence electrons. The highest BCUT2D eigenvalue weighted by Crippen LogP contribution is 2.36. The number of carbonyl (C=O) groups excluding carboxylic acids is 1. The van der Waals surface area contributed by atoms with Gasteiger partial charge in [0.1, 0.15) is 11.5 Å². The van der Waals surface area contributed by atoms with Crippen LogP contribution in [0.3, 0.4) is 0 Å². The summed E-state index contributed by atoms with van der Waals surface area (Å²) in [6, 6.07) is 4.39. The van der Waals surface area contributed by atoms with Crippen LogP contribution in [0.25, 0.3) is 11.4 Å². The number of carbonyl (C=O) groups is 1. The van der Waals surface area contributed by atoms with Gasteiger partial charge in [0.2, 0.25) is 0 Å². The van der Waals surface area contributed by atoms with Crippen molar-refractivity contribution in [1.82, 2.24) is 29.6 Å². The number of piperidine rings is 1. The number of hydrogen-bond acceptors (Lipinski definition) is 6. The number of aryl methyl sites for hydroxylation is 1. The molecule has 2 atom stereocenters. The number of likely N-dealkylation sites (tertiary alicyclic amines) is 1. The molecular formula is C22H22F5N7O. The van der Waals surface area contributed by atoms with E-state index in [0.717, 1.165) is 11.1 Å². The fourth-order valence-electron chi connectivity index (χ4n) is 4.15. The summed E-state index contributed by atoms with van der Waals surface area (Å²) in [5.74, 6) is -4.33. The van der Waals surface area contributed by atoms with Gasteiger partial charge in [-0.05, 0) is 18.1 Å². The molecule has 1 aliphatic rings. The van der Waals surface area contributed by atoms with E-state index in [9.17, 15) is 26.7 Å². The number of halogens is 5. The molecule has 13 heteroatoms. The van der Waals surface area contributed by atoms with Crippen molar-refractivity contribution in [2.75, 3.05) is 18.4 Å². The van der Waals surface area contributed by atoms with Crippen LogP contribution in [-0.4, -0.2) is 60.6 Å². The van der Waals surface area contributed by atoms with Gasteiger partial charge in [0.05, 0.1) is 36.2 Å². The minimum Gasteiger partial charge on any atom is -0.367 e. The number of nitrogens with one attached hydrogen (secondary N) is 1. The van der Waals surface area contributed by atoms with Crippen molar-refractivity contribution in [3.8, 4) is 11.4 Å². The Labute approximate surface area is 197 Å². The Kier molecular flexibility index (Phi) is 6.43. The summed E-state index contributed by atoms with van der Waals surface area (Å²) in [5, 5.41) is 7.12. The molecule has 0 aromatic carbocycles. The zero-order valence-electron chi connectivity index (χ0n) is 18.8. The molecule has 3 aromatic heterocycles. The van der Waals surface area contributed by atoms with E-state index < -0.39 is 48.6 Å². The van der Waals surface area contributed by atoms with E-state index in [2.05, 4.69) is 25.4 Å². The number of pyridine rings is 1. The third-order valence-corrected chi connectivity index (χ3v) is 5.74. The first-order chi connectivity index (χ1) is 16.4. The molecule has 1 saturated heterocycles. The van der Waals surface area contributed by atoms with Gasteiger partial charge in [0, 0.05) is 32.4 Å². The lowest BCUT2D eigenvalue weighted by Crippen LogP contribution is -2.57. The summed E-state index contributed by atoms with van der Waals surface area (Å²) >= 11 is 0. The average Bonchev–Trinajstić information content (AvgIpc) is 3.19. The summed E-state index contributed by atoms with van der Waals surface area (Å²) in [5.41, 5.74) is -0.345. The highest BCUT2D eigenvalue weighted by atomic mass is 19.4. The number of rotatable bonds is 5. The van der Waals surface area contributed by atoms with Crippen LogP contribution >= 0.6 is 0 Å². The summed E-state index contributed by atoms with van der Waals surface area (Å²) in [7, 11) is 1.61. The lowest BCUT2D eigenvalue weighted by atomic mass is 9.88. The number of alkyl halides is 5. The van der Waals surface area contributed by atoms with Crippen LogP contribution < -0.4 is 5.32 Å². The van der Waals surface area contributed by atoms with Crippen molar-refractivity contribution in [2.24, 2.45) is 13.0 Å². The molecule has 0 spiro atoms. The van der Waals surface area contributed by atoms with Crippen LogP contribution in [0.1, 0.15) is 29.4 Å². The topological polar surface area (TPSA) is 88.8 Å². The van der Waals surface area contributed by atoms with Crippen molar-refractivity contribution < 1.29 is 26.7 Å². The van der Waals surface area contributed by atoms with Crippen molar-refractivity contribution in [3.63, 3.8) is 0 Å². The maximum atomic E-state index is 14.5. The molecule has 0 aliphatic carbocycles. The molecule has 3 aromatic rings. The fraction of sp³-hybridized carbons (Fsp3) is 0.409. The zero-order chi connectivity index (χ0) is 25.4. The Bertz CT molecular complexity index is 1180. The van der Waals surface area contributed by atoms with Crippen molar-refractivity contribution in [3.05, 3.63) is 54.2 Å². The predicted octanol–water partition coefficient (Wildman–Crippen LogP) is 3.89. The van der Waals surface area contributed by atoms with E-state index in [0.29, 0.717) is 11.9 Å². The number of nitrogens with zero attached hydrogens (tertiary/aromatic N) is 6. The second-order valence-electron chi connectivity index (χ2n) is 8.48. The molecule has 1 amide bonds. The Morgan fingerprint density at radius 2 is 1.97 bits per heavy atom. The molecule has 1 aliphatic heterocycles. The second kappa shape index (κ2) is 9.19. The molecule has 4 rings (SSSR count). The monoisotopic (exact) mass is 495 g/mol. The van der Waals surface area contributed by atoms with E-state index in [1.54, 1.807) is 32.2 Å². The van der Waals surface area contributed by atoms with Crippen LogP contribution in [0.2, 0.25) is 0 Å². The molecule has 0 unspecified atom stereocenters. The zero-order valence-corrected chi connectivity index (χ0v) is 18.8. The number of aromatic nitrogens is 5. The lowest BCUT2D eigenvalue weighted by Gasteiger charge is -2.43. The Balaban J connectivity index is 1.60. The normalized spacial score (nSPS) is 20.0. The smallest absolute Gasteiger partial charge is 0.367 e. The molecule has 1 N–H and O–H groups in total. The molecule has 35 heavy (non-hydrogen) atoms. The van der Waals surface area contributed by atoms with E-state index in [1.807, 2.05) is 0 Å². The third-order valence-electron chi connectivity index (χ3n) is 5.74. The van der Waals surface area contributed by atoms with Gasteiger partial charge in [-0.15, -0.1) is 0 Å². The molecule has 4 heterocycles. The molecule has 0 bridgehead atoms. The first-order valence-corrected chi connectivity index (χ1v) is 10.7. The minimum atomic E-state index is -4.63. The van der Waals surface area contributed by atoms with E-state index in [-0.39, 0.29) is 23.6 Å². The maximum Gasteiger partial charge on any atom is 0.434 e. The fourth-order valence-corrected chi connectivity index (χ4v) is 4.15. The summed E-state index contributed by atoms with van der Waals surface area (Å²) in [4.78, 5) is 25.9. The first kappa shape index (κ1) is 24.5.